The molecule has 1 fully saturated rings. The van der Waals surface area contributed by atoms with Gasteiger partial charge in [-0.15, -0.1) is 0 Å². The SMILES string of the molecule is COC[C@H]1C(=O)N(C(N)c2ccc3c(C)ccnc3c2)CCN1Cc1cc2cc(Cl)ccc2[nH]1. The van der Waals surface area contributed by atoms with Crippen LogP contribution in [0.2, 0.25) is 5.02 Å². The second kappa shape index (κ2) is 9.35. The molecule has 4 aromatic rings. The Kier molecular flexibility index (Phi) is 6.27. The number of nitrogens with two attached hydrogens (primary N) is 1. The Labute approximate surface area is 203 Å². The van der Waals surface area contributed by atoms with Crippen LogP contribution in [0.25, 0.3) is 21.8 Å². The zero-order valence-electron chi connectivity index (χ0n) is 19.3. The fraction of sp³-hybridized carbons (Fsp3) is 0.308. The topological polar surface area (TPSA) is 87.5 Å². The number of carbonyl (C=O) groups is 1. The lowest BCUT2D eigenvalue weighted by Crippen LogP contribution is -2.60. The van der Waals surface area contributed by atoms with Gasteiger partial charge in [0.15, 0.2) is 0 Å². The van der Waals surface area contributed by atoms with Gasteiger partial charge in [-0.2, -0.15) is 0 Å². The summed E-state index contributed by atoms with van der Waals surface area (Å²) >= 11 is 6.13. The third-order valence-corrected chi connectivity index (χ3v) is 6.87. The summed E-state index contributed by atoms with van der Waals surface area (Å²) in [6.07, 6.45) is 1.25. The van der Waals surface area contributed by atoms with E-state index in [0.717, 1.165) is 38.6 Å². The molecular weight excluding hydrogens is 450 g/mol. The van der Waals surface area contributed by atoms with E-state index in [0.29, 0.717) is 31.3 Å². The van der Waals surface area contributed by atoms with E-state index < -0.39 is 12.2 Å². The van der Waals surface area contributed by atoms with Crippen LogP contribution in [0.3, 0.4) is 0 Å². The quantitative estimate of drug-likeness (QED) is 0.438. The van der Waals surface area contributed by atoms with Gasteiger partial charge in [0.1, 0.15) is 12.2 Å². The maximum absolute atomic E-state index is 13.5. The number of aromatic nitrogens is 2. The first-order valence-corrected chi connectivity index (χ1v) is 11.7. The lowest BCUT2D eigenvalue weighted by atomic mass is 10.0. The number of hydrogen-bond acceptors (Lipinski definition) is 5. The summed E-state index contributed by atoms with van der Waals surface area (Å²) in [6.45, 7) is 4.18. The highest BCUT2D eigenvalue weighted by atomic mass is 35.5. The molecule has 176 valence electrons. The number of pyridine rings is 1. The minimum Gasteiger partial charge on any atom is -0.383 e. The molecule has 1 unspecified atom stereocenters. The number of methoxy groups -OCH3 is 1. The van der Waals surface area contributed by atoms with Crippen molar-refractivity contribution in [1.82, 2.24) is 19.8 Å². The Morgan fingerprint density at radius 2 is 2.06 bits per heavy atom. The third kappa shape index (κ3) is 4.28. The number of ether oxygens (including phenoxy) is 1. The number of rotatable bonds is 6. The first-order valence-electron chi connectivity index (χ1n) is 11.4. The fourth-order valence-electron chi connectivity index (χ4n) is 4.79. The number of nitrogens with zero attached hydrogens (tertiary/aromatic N) is 3. The molecule has 2 aromatic carbocycles. The minimum atomic E-state index is -0.545. The molecule has 8 heteroatoms. The summed E-state index contributed by atoms with van der Waals surface area (Å²) in [6, 6.07) is 15.4. The molecule has 0 bridgehead atoms. The van der Waals surface area contributed by atoms with Gasteiger partial charge in [-0.3, -0.25) is 14.7 Å². The van der Waals surface area contributed by atoms with Crippen LogP contribution in [0.15, 0.2) is 54.7 Å². The van der Waals surface area contributed by atoms with Crippen LogP contribution < -0.4 is 5.73 Å². The number of amides is 1. The summed E-state index contributed by atoms with van der Waals surface area (Å²) < 4.78 is 5.43. The average molecular weight is 478 g/mol. The van der Waals surface area contributed by atoms with E-state index in [1.807, 2.05) is 42.5 Å². The summed E-state index contributed by atoms with van der Waals surface area (Å²) in [5.74, 6) is -0.0305. The van der Waals surface area contributed by atoms with Crippen LogP contribution >= 0.6 is 11.6 Å². The molecule has 1 saturated heterocycles. The van der Waals surface area contributed by atoms with Gasteiger partial charge in [0.05, 0.1) is 12.1 Å². The smallest absolute Gasteiger partial charge is 0.243 e. The number of benzene rings is 2. The summed E-state index contributed by atoms with van der Waals surface area (Å²) in [5.41, 5.74) is 11.6. The van der Waals surface area contributed by atoms with Crippen molar-refractivity contribution in [3.8, 4) is 0 Å². The lowest BCUT2D eigenvalue weighted by Gasteiger charge is -2.42. The van der Waals surface area contributed by atoms with Gasteiger partial charge in [-0.25, -0.2) is 0 Å². The Balaban J connectivity index is 1.36. The van der Waals surface area contributed by atoms with Crippen LogP contribution in [0.4, 0.5) is 0 Å². The van der Waals surface area contributed by atoms with Gasteiger partial charge in [0.2, 0.25) is 5.91 Å². The third-order valence-electron chi connectivity index (χ3n) is 6.64. The van der Waals surface area contributed by atoms with Crippen molar-refractivity contribution in [1.29, 1.82) is 0 Å². The van der Waals surface area contributed by atoms with Gasteiger partial charge in [-0.05, 0) is 54.4 Å². The van der Waals surface area contributed by atoms with Crippen LogP contribution in [0.1, 0.15) is 23.0 Å². The predicted octanol–water partition coefficient (Wildman–Crippen LogP) is 3.99. The number of H-pyrrole nitrogens is 1. The molecular formula is C26H28ClN5O2. The van der Waals surface area contributed by atoms with Crippen LogP contribution in [0, 0.1) is 6.92 Å². The normalized spacial score (nSPS) is 18.2. The van der Waals surface area contributed by atoms with E-state index in [9.17, 15) is 4.79 Å². The number of carbonyl (C=O) groups excluding carboxylic acids is 1. The predicted molar refractivity (Wildman–Crippen MR) is 135 cm³/mol. The standard InChI is InChI=1S/C26H28ClN5O2/c1-16-7-8-29-23-13-17(3-5-21(16)23)25(28)32-10-9-31(24(15-34-2)26(32)33)14-20-12-18-11-19(27)4-6-22(18)30-20/h3-8,11-13,24-25,30H,9-10,14-15,28H2,1-2H3/t24-,25?/m0/s1. The molecule has 3 heterocycles. The van der Waals surface area contributed by atoms with Crippen LogP contribution in [0.5, 0.6) is 0 Å². The molecule has 0 aliphatic carbocycles. The van der Waals surface area contributed by atoms with E-state index in [1.165, 1.54) is 0 Å². The molecule has 1 amide bonds. The van der Waals surface area contributed by atoms with Gasteiger partial charge < -0.3 is 20.4 Å². The number of fused-ring (bicyclic) bond motifs is 2. The maximum atomic E-state index is 13.5. The van der Waals surface area contributed by atoms with E-state index >= 15 is 0 Å². The second-order valence-electron chi connectivity index (χ2n) is 8.85. The molecule has 5 rings (SSSR count). The average Bonchev–Trinajstić information content (AvgIpc) is 3.22. The molecule has 0 radical (unpaired) electrons. The highest BCUT2D eigenvalue weighted by molar-refractivity contribution is 6.31. The summed E-state index contributed by atoms with van der Waals surface area (Å²) in [7, 11) is 1.62. The van der Waals surface area contributed by atoms with E-state index in [4.69, 9.17) is 22.1 Å². The molecule has 3 N–H and O–H groups in total. The summed E-state index contributed by atoms with van der Waals surface area (Å²) in [4.78, 5) is 25.4. The molecule has 34 heavy (non-hydrogen) atoms. The van der Waals surface area contributed by atoms with Crippen LogP contribution in [-0.2, 0) is 16.1 Å². The Morgan fingerprint density at radius 3 is 2.88 bits per heavy atom. The van der Waals surface area contributed by atoms with E-state index in [2.05, 4.69) is 27.9 Å². The Morgan fingerprint density at radius 1 is 1.21 bits per heavy atom. The monoisotopic (exact) mass is 477 g/mol. The van der Waals surface area contributed by atoms with Crippen molar-refractivity contribution in [2.45, 2.75) is 25.7 Å². The van der Waals surface area contributed by atoms with Gasteiger partial charge in [-0.1, -0.05) is 23.7 Å². The van der Waals surface area contributed by atoms with Crippen molar-refractivity contribution in [2.75, 3.05) is 26.8 Å². The van der Waals surface area contributed by atoms with Gasteiger partial charge >= 0.3 is 0 Å². The Bertz CT molecular complexity index is 1350. The van der Waals surface area contributed by atoms with Crippen molar-refractivity contribution < 1.29 is 9.53 Å². The zero-order chi connectivity index (χ0) is 23.8. The van der Waals surface area contributed by atoms with E-state index in [-0.39, 0.29) is 5.91 Å². The molecule has 7 nitrogen and oxygen atoms in total. The number of hydrogen-bond donors (Lipinski definition) is 2. The maximum Gasteiger partial charge on any atom is 0.243 e. The molecule has 0 spiro atoms. The number of nitrogens with one attached hydrogen (secondary N) is 1. The van der Waals surface area contributed by atoms with Crippen molar-refractivity contribution in [2.24, 2.45) is 5.73 Å². The lowest BCUT2D eigenvalue weighted by molar-refractivity contribution is -0.147. The molecule has 1 aliphatic heterocycles. The highest BCUT2D eigenvalue weighted by Crippen LogP contribution is 2.27. The largest absolute Gasteiger partial charge is 0.383 e. The molecule has 0 saturated carbocycles. The van der Waals surface area contributed by atoms with E-state index in [1.54, 1.807) is 18.2 Å². The first kappa shape index (κ1) is 22.8. The summed E-state index contributed by atoms with van der Waals surface area (Å²) in [5, 5.41) is 2.84. The van der Waals surface area contributed by atoms with Crippen LogP contribution in [-0.4, -0.2) is 58.5 Å². The van der Waals surface area contributed by atoms with Crippen molar-refractivity contribution in [3.63, 3.8) is 0 Å². The number of aryl methyl sites for hydroxylation is 1. The zero-order valence-corrected chi connectivity index (χ0v) is 20.0. The molecule has 2 aromatic heterocycles. The first-order chi connectivity index (χ1) is 16.4. The van der Waals surface area contributed by atoms with Crippen molar-refractivity contribution in [3.05, 3.63) is 76.6 Å². The number of halogens is 1. The Hall–Kier alpha value is -2.97. The highest BCUT2D eigenvalue weighted by Gasteiger charge is 2.37. The minimum absolute atomic E-state index is 0.0305. The van der Waals surface area contributed by atoms with Gasteiger partial charge in [0.25, 0.3) is 0 Å². The number of piperazine rings is 1. The second-order valence-corrected chi connectivity index (χ2v) is 9.29. The molecule has 1 aliphatic rings. The van der Waals surface area contributed by atoms with Gasteiger partial charge in [0, 0.05) is 59.9 Å². The van der Waals surface area contributed by atoms with Crippen molar-refractivity contribution >= 4 is 39.3 Å². The fourth-order valence-corrected chi connectivity index (χ4v) is 4.97. The molecule has 2 atom stereocenters. The number of aromatic amines is 1.